The number of hydrogen-bond donors (Lipinski definition) is 3. The van der Waals surface area contributed by atoms with Crippen molar-refractivity contribution in [3.63, 3.8) is 0 Å². The zero-order chi connectivity index (χ0) is 11.5. The van der Waals surface area contributed by atoms with Gasteiger partial charge in [-0.1, -0.05) is 0 Å². The third-order valence-corrected chi connectivity index (χ3v) is 4.11. The molecule has 1 aliphatic heterocycles. The molecule has 5 heteroatoms. The fourth-order valence-electron chi connectivity index (χ4n) is 1.50. The second-order valence-electron chi connectivity index (χ2n) is 4.77. The van der Waals surface area contributed by atoms with Crippen LogP contribution in [0.3, 0.4) is 0 Å². The molecule has 1 fully saturated rings. The van der Waals surface area contributed by atoms with Gasteiger partial charge in [0.15, 0.2) is 0 Å². The Morgan fingerprint density at radius 3 is 2.53 bits per heavy atom. The quantitative estimate of drug-likeness (QED) is 0.624. The van der Waals surface area contributed by atoms with E-state index in [0.717, 1.165) is 19.6 Å². The molecule has 1 aliphatic rings. The summed E-state index contributed by atoms with van der Waals surface area (Å²) in [6.07, 6.45) is 2.27. The van der Waals surface area contributed by atoms with E-state index in [1.165, 1.54) is 0 Å². The summed E-state index contributed by atoms with van der Waals surface area (Å²) in [5.74, 6) is -0.731. The molecule has 88 valence electrons. The lowest BCUT2D eigenvalue weighted by Gasteiger charge is -2.44. The molecule has 0 aliphatic carbocycles. The number of carbonyl (C=O) groups is 1. The van der Waals surface area contributed by atoms with Gasteiger partial charge in [-0.05, 0) is 20.1 Å². The fraction of sp³-hybridized carbons (Fsp3) is 0.900. The van der Waals surface area contributed by atoms with Crippen LogP contribution < -0.4 is 10.6 Å². The summed E-state index contributed by atoms with van der Waals surface area (Å²) in [7, 11) is 0. The molecular formula is C10H20N2O2S. The van der Waals surface area contributed by atoms with Gasteiger partial charge in [0.1, 0.15) is 0 Å². The average molecular weight is 232 g/mol. The van der Waals surface area contributed by atoms with Gasteiger partial charge in [-0.15, -0.1) is 0 Å². The number of thioether (sulfide) groups is 1. The number of carboxylic acid groups (broad SMARTS) is 1. The van der Waals surface area contributed by atoms with Gasteiger partial charge in [-0.2, -0.15) is 11.8 Å². The van der Waals surface area contributed by atoms with Gasteiger partial charge < -0.3 is 15.7 Å². The number of nitrogens with one attached hydrogen (secondary N) is 2. The van der Waals surface area contributed by atoms with Crippen molar-refractivity contribution in [3.8, 4) is 0 Å². The molecule has 1 rings (SSSR count). The van der Waals surface area contributed by atoms with E-state index < -0.39 is 5.97 Å². The lowest BCUT2D eigenvalue weighted by molar-refractivity contribution is -0.139. The van der Waals surface area contributed by atoms with Crippen LogP contribution in [0.25, 0.3) is 0 Å². The van der Waals surface area contributed by atoms with Crippen LogP contribution in [0, 0.1) is 0 Å². The Morgan fingerprint density at radius 2 is 2.20 bits per heavy atom. The van der Waals surface area contributed by atoms with Crippen LogP contribution in [0.5, 0.6) is 0 Å². The van der Waals surface area contributed by atoms with E-state index in [1.54, 1.807) is 11.8 Å². The number of hydrogen-bond acceptors (Lipinski definition) is 4. The van der Waals surface area contributed by atoms with E-state index in [4.69, 9.17) is 5.11 Å². The Hall–Kier alpha value is -0.260. The van der Waals surface area contributed by atoms with Crippen molar-refractivity contribution in [3.05, 3.63) is 0 Å². The molecule has 0 spiro atoms. The van der Waals surface area contributed by atoms with E-state index in [9.17, 15) is 4.79 Å². The molecule has 0 aromatic carbocycles. The third kappa shape index (κ3) is 3.66. The first-order valence-corrected chi connectivity index (χ1v) is 6.34. The van der Waals surface area contributed by atoms with Crippen LogP contribution in [0.4, 0.5) is 0 Å². The van der Waals surface area contributed by atoms with Gasteiger partial charge in [-0.25, -0.2) is 0 Å². The van der Waals surface area contributed by atoms with Crippen LogP contribution in [-0.4, -0.2) is 47.3 Å². The van der Waals surface area contributed by atoms with Crippen molar-refractivity contribution in [1.82, 2.24) is 10.6 Å². The first kappa shape index (κ1) is 12.8. The normalized spacial score (nSPS) is 19.7. The smallest absolute Gasteiger partial charge is 0.305 e. The molecule has 4 nitrogen and oxygen atoms in total. The van der Waals surface area contributed by atoms with E-state index in [-0.39, 0.29) is 16.7 Å². The highest BCUT2D eigenvalue weighted by molar-refractivity contribution is 7.99. The topological polar surface area (TPSA) is 61.4 Å². The van der Waals surface area contributed by atoms with Crippen molar-refractivity contribution in [2.24, 2.45) is 0 Å². The maximum absolute atomic E-state index is 10.7. The Balaban J connectivity index is 2.43. The maximum atomic E-state index is 10.7. The van der Waals surface area contributed by atoms with Gasteiger partial charge in [0.25, 0.3) is 0 Å². The molecular weight excluding hydrogens is 212 g/mol. The summed E-state index contributed by atoms with van der Waals surface area (Å²) in [6.45, 7) is 6.66. The third-order valence-electron chi connectivity index (χ3n) is 2.86. The molecule has 0 amide bonds. The Bertz CT molecular complexity index is 240. The minimum atomic E-state index is -0.731. The number of aliphatic carboxylic acids is 1. The van der Waals surface area contributed by atoms with Crippen LogP contribution in [0.2, 0.25) is 0 Å². The highest BCUT2D eigenvalue weighted by Crippen LogP contribution is 2.23. The summed E-state index contributed by atoms with van der Waals surface area (Å²) in [6, 6.07) is 0. The molecule has 1 heterocycles. The lowest BCUT2D eigenvalue weighted by atomic mass is 9.88. The molecule has 15 heavy (non-hydrogen) atoms. The monoisotopic (exact) mass is 232 g/mol. The summed E-state index contributed by atoms with van der Waals surface area (Å²) in [5.41, 5.74) is -0.223. The molecule has 0 bridgehead atoms. The molecule has 0 radical (unpaired) electrons. The Kier molecular flexibility index (Phi) is 4.03. The summed E-state index contributed by atoms with van der Waals surface area (Å²) in [4.78, 5) is 10.7. The van der Waals surface area contributed by atoms with Crippen LogP contribution in [0.1, 0.15) is 20.3 Å². The maximum Gasteiger partial charge on any atom is 0.305 e. The summed E-state index contributed by atoms with van der Waals surface area (Å²) >= 11 is 1.79. The predicted molar refractivity (Wildman–Crippen MR) is 63.5 cm³/mol. The predicted octanol–water partition coefficient (Wildman–Crippen LogP) is 0.534. The Labute approximate surface area is 95.2 Å². The van der Waals surface area contributed by atoms with Crippen molar-refractivity contribution < 1.29 is 9.90 Å². The first-order valence-electron chi connectivity index (χ1n) is 5.12. The second-order valence-corrected chi connectivity index (χ2v) is 6.29. The van der Waals surface area contributed by atoms with Crippen molar-refractivity contribution in [2.45, 2.75) is 30.6 Å². The molecule has 0 saturated carbocycles. The summed E-state index contributed by atoms with van der Waals surface area (Å²) in [5, 5.41) is 15.3. The van der Waals surface area contributed by atoms with Crippen LogP contribution >= 0.6 is 11.8 Å². The molecule has 0 aromatic rings. The average Bonchev–Trinajstić information content (AvgIpc) is 2.09. The van der Waals surface area contributed by atoms with Gasteiger partial charge in [0.05, 0.1) is 12.0 Å². The molecule has 0 atom stereocenters. The van der Waals surface area contributed by atoms with Crippen LogP contribution in [0.15, 0.2) is 0 Å². The largest absolute Gasteiger partial charge is 0.481 e. The minimum Gasteiger partial charge on any atom is -0.481 e. The first-order chi connectivity index (χ1) is 6.89. The Morgan fingerprint density at radius 1 is 1.60 bits per heavy atom. The number of rotatable bonds is 6. The fourth-order valence-corrected chi connectivity index (χ4v) is 1.72. The molecule has 3 N–H and O–H groups in total. The minimum absolute atomic E-state index is 0.154. The lowest BCUT2D eigenvalue weighted by Crippen LogP contribution is -2.69. The SMILES string of the molecule is CSC(C)(C)CNC1(CC(=O)O)CNC1. The molecule has 0 aromatic heterocycles. The summed E-state index contributed by atoms with van der Waals surface area (Å²) < 4.78 is 0.154. The highest BCUT2D eigenvalue weighted by atomic mass is 32.2. The van der Waals surface area contributed by atoms with E-state index in [1.807, 2.05) is 0 Å². The highest BCUT2D eigenvalue weighted by Gasteiger charge is 2.39. The molecule has 0 unspecified atom stereocenters. The van der Waals surface area contributed by atoms with E-state index in [2.05, 4.69) is 30.7 Å². The van der Waals surface area contributed by atoms with Gasteiger partial charge in [-0.3, -0.25) is 4.79 Å². The van der Waals surface area contributed by atoms with Gasteiger partial charge >= 0.3 is 5.97 Å². The van der Waals surface area contributed by atoms with Gasteiger partial charge in [0, 0.05) is 24.4 Å². The van der Waals surface area contributed by atoms with E-state index in [0.29, 0.717) is 0 Å². The zero-order valence-electron chi connectivity index (χ0n) is 9.59. The zero-order valence-corrected chi connectivity index (χ0v) is 10.4. The van der Waals surface area contributed by atoms with Crippen LogP contribution in [-0.2, 0) is 4.79 Å². The standard InChI is InChI=1S/C10H20N2O2S/c1-9(2,15-3)5-12-10(4-8(13)14)6-11-7-10/h11-12H,4-7H2,1-3H3,(H,13,14). The second kappa shape index (κ2) is 4.72. The van der Waals surface area contributed by atoms with Gasteiger partial charge in [0.2, 0.25) is 0 Å². The molecule has 1 saturated heterocycles. The van der Waals surface area contributed by atoms with Crippen molar-refractivity contribution in [2.75, 3.05) is 25.9 Å². The number of carboxylic acids is 1. The van der Waals surface area contributed by atoms with E-state index >= 15 is 0 Å². The van der Waals surface area contributed by atoms with Crippen molar-refractivity contribution >= 4 is 17.7 Å². The van der Waals surface area contributed by atoms with Crippen molar-refractivity contribution in [1.29, 1.82) is 0 Å².